The minimum absolute atomic E-state index is 0.0947. The van der Waals surface area contributed by atoms with Crippen LogP contribution < -0.4 is 5.73 Å². The van der Waals surface area contributed by atoms with E-state index in [4.69, 9.17) is 17.3 Å². The Morgan fingerprint density at radius 3 is 2.41 bits per heavy atom. The van der Waals surface area contributed by atoms with E-state index < -0.39 is 0 Å². The largest absolute Gasteiger partial charge is 0.324 e. The fourth-order valence-electron chi connectivity index (χ4n) is 2.21. The Hall–Kier alpha value is -0.0500. The fraction of sp³-hybridized carbons (Fsp3) is 0.571. The van der Waals surface area contributed by atoms with Gasteiger partial charge in [-0.25, -0.2) is 0 Å². The van der Waals surface area contributed by atoms with Crippen LogP contribution in [0.3, 0.4) is 0 Å². The monoisotopic (exact) mass is 317 g/mol. The molecular formula is C14H21BrClN. The lowest BCUT2D eigenvalue weighted by Gasteiger charge is -2.19. The van der Waals surface area contributed by atoms with Crippen molar-refractivity contribution in [2.45, 2.75) is 39.7 Å². The molecule has 0 saturated carbocycles. The highest BCUT2D eigenvalue weighted by Gasteiger charge is 2.13. The summed E-state index contributed by atoms with van der Waals surface area (Å²) in [4.78, 5) is 0. The first-order valence-electron chi connectivity index (χ1n) is 6.10. The summed E-state index contributed by atoms with van der Waals surface area (Å²) in [5.74, 6) is 1.38. The third-order valence-corrected chi connectivity index (χ3v) is 4.12. The van der Waals surface area contributed by atoms with E-state index in [-0.39, 0.29) is 6.04 Å². The normalized spacial score (nSPS) is 15.0. The van der Waals surface area contributed by atoms with E-state index in [2.05, 4.69) is 36.7 Å². The molecule has 1 rings (SSSR count). The summed E-state index contributed by atoms with van der Waals surface area (Å²) in [7, 11) is 0. The molecule has 2 unspecified atom stereocenters. The van der Waals surface area contributed by atoms with Gasteiger partial charge in [-0.15, -0.1) is 0 Å². The van der Waals surface area contributed by atoms with Crippen molar-refractivity contribution >= 4 is 27.5 Å². The Labute approximate surface area is 118 Å². The molecule has 0 aliphatic heterocycles. The molecule has 3 heteroatoms. The molecular weight excluding hydrogens is 298 g/mol. The zero-order valence-corrected chi connectivity index (χ0v) is 13.1. The zero-order valence-electron chi connectivity index (χ0n) is 10.7. The SMILES string of the molecule is CC(C)CC(C)CC(N)c1ccc(Cl)c(Br)c1. The van der Waals surface area contributed by atoms with Crippen LogP contribution in [0.25, 0.3) is 0 Å². The molecule has 96 valence electrons. The summed E-state index contributed by atoms with van der Waals surface area (Å²) in [5, 5.41) is 0.733. The predicted octanol–water partition coefficient (Wildman–Crippen LogP) is 5.17. The molecule has 1 aromatic rings. The van der Waals surface area contributed by atoms with E-state index in [1.54, 1.807) is 0 Å². The highest BCUT2D eigenvalue weighted by molar-refractivity contribution is 9.10. The van der Waals surface area contributed by atoms with Crippen molar-refractivity contribution in [1.29, 1.82) is 0 Å². The summed E-state index contributed by atoms with van der Waals surface area (Å²) in [6.45, 7) is 6.77. The maximum absolute atomic E-state index is 6.23. The van der Waals surface area contributed by atoms with Crippen molar-refractivity contribution in [3.63, 3.8) is 0 Å². The van der Waals surface area contributed by atoms with E-state index in [1.165, 1.54) is 6.42 Å². The highest BCUT2D eigenvalue weighted by Crippen LogP contribution is 2.28. The second-order valence-electron chi connectivity index (χ2n) is 5.25. The van der Waals surface area contributed by atoms with E-state index >= 15 is 0 Å². The minimum Gasteiger partial charge on any atom is -0.324 e. The van der Waals surface area contributed by atoms with Gasteiger partial charge in [0, 0.05) is 10.5 Å². The van der Waals surface area contributed by atoms with Crippen LogP contribution in [0.15, 0.2) is 22.7 Å². The van der Waals surface area contributed by atoms with Crippen molar-refractivity contribution in [2.75, 3.05) is 0 Å². The number of benzene rings is 1. The van der Waals surface area contributed by atoms with E-state index in [0.717, 1.165) is 27.4 Å². The number of hydrogen-bond acceptors (Lipinski definition) is 1. The maximum atomic E-state index is 6.23. The Balaban J connectivity index is 2.63. The van der Waals surface area contributed by atoms with Crippen LogP contribution in [-0.2, 0) is 0 Å². The molecule has 0 aliphatic rings. The van der Waals surface area contributed by atoms with E-state index in [9.17, 15) is 0 Å². The Bertz CT molecular complexity index is 365. The lowest BCUT2D eigenvalue weighted by Crippen LogP contribution is -2.15. The lowest BCUT2D eigenvalue weighted by atomic mass is 9.90. The van der Waals surface area contributed by atoms with Crippen LogP contribution in [0, 0.1) is 11.8 Å². The molecule has 1 aromatic carbocycles. The number of hydrogen-bond donors (Lipinski definition) is 1. The molecule has 17 heavy (non-hydrogen) atoms. The molecule has 0 saturated heterocycles. The van der Waals surface area contributed by atoms with Gasteiger partial charge >= 0.3 is 0 Å². The van der Waals surface area contributed by atoms with Gasteiger partial charge in [-0.2, -0.15) is 0 Å². The summed E-state index contributed by atoms with van der Waals surface area (Å²) in [6, 6.07) is 6.03. The van der Waals surface area contributed by atoms with Crippen molar-refractivity contribution < 1.29 is 0 Å². The zero-order chi connectivity index (χ0) is 13.0. The van der Waals surface area contributed by atoms with Gasteiger partial charge in [-0.05, 0) is 58.3 Å². The third kappa shape index (κ3) is 4.99. The highest BCUT2D eigenvalue weighted by atomic mass is 79.9. The maximum Gasteiger partial charge on any atom is 0.0548 e. The molecule has 0 radical (unpaired) electrons. The van der Waals surface area contributed by atoms with Gasteiger partial charge in [-0.3, -0.25) is 0 Å². The molecule has 0 bridgehead atoms. The van der Waals surface area contributed by atoms with Crippen LogP contribution in [0.4, 0.5) is 0 Å². The predicted molar refractivity (Wildman–Crippen MR) is 79.3 cm³/mol. The van der Waals surface area contributed by atoms with Crippen molar-refractivity contribution in [3.8, 4) is 0 Å². The average molecular weight is 319 g/mol. The Kier molecular flexibility index (Phi) is 5.98. The topological polar surface area (TPSA) is 26.0 Å². The summed E-state index contributed by atoms with van der Waals surface area (Å²) >= 11 is 9.41. The lowest BCUT2D eigenvalue weighted by molar-refractivity contribution is 0.387. The number of halogens is 2. The smallest absolute Gasteiger partial charge is 0.0548 e. The first-order valence-corrected chi connectivity index (χ1v) is 7.27. The van der Waals surface area contributed by atoms with Crippen molar-refractivity contribution in [2.24, 2.45) is 17.6 Å². The number of nitrogens with two attached hydrogens (primary N) is 1. The third-order valence-electron chi connectivity index (χ3n) is 2.90. The molecule has 1 nitrogen and oxygen atoms in total. The first kappa shape index (κ1) is 15.0. The molecule has 0 fully saturated rings. The standard InChI is InChI=1S/C14H21BrClN/c1-9(2)6-10(3)7-14(17)11-4-5-13(16)12(15)8-11/h4-5,8-10,14H,6-7,17H2,1-3H3. The van der Waals surface area contributed by atoms with Crippen molar-refractivity contribution in [1.82, 2.24) is 0 Å². The van der Waals surface area contributed by atoms with Crippen molar-refractivity contribution in [3.05, 3.63) is 33.3 Å². The molecule has 2 atom stereocenters. The van der Waals surface area contributed by atoms with Gasteiger partial charge in [0.1, 0.15) is 0 Å². The molecule has 0 heterocycles. The Morgan fingerprint density at radius 1 is 1.24 bits per heavy atom. The van der Waals surface area contributed by atoms with Gasteiger partial charge in [0.05, 0.1) is 5.02 Å². The molecule has 0 amide bonds. The van der Waals surface area contributed by atoms with E-state index in [0.29, 0.717) is 5.92 Å². The second-order valence-corrected chi connectivity index (χ2v) is 6.51. The minimum atomic E-state index is 0.0947. The fourth-order valence-corrected chi connectivity index (χ4v) is 2.73. The van der Waals surface area contributed by atoms with Gasteiger partial charge in [0.25, 0.3) is 0 Å². The molecule has 0 aromatic heterocycles. The Morgan fingerprint density at radius 2 is 1.88 bits per heavy atom. The summed E-state index contributed by atoms with van der Waals surface area (Å²) < 4.78 is 0.920. The first-order chi connectivity index (χ1) is 7.90. The van der Waals surface area contributed by atoms with Crippen LogP contribution in [0.1, 0.15) is 45.2 Å². The quantitative estimate of drug-likeness (QED) is 0.796. The molecule has 0 spiro atoms. The molecule has 0 aliphatic carbocycles. The summed E-state index contributed by atoms with van der Waals surface area (Å²) in [5.41, 5.74) is 7.38. The summed E-state index contributed by atoms with van der Waals surface area (Å²) in [6.07, 6.45) is 2.24. The van der Waals surface area contributed by atoms with Crippen LogP contribution >= 0.6 is 27.5 Å². The van der Waals surface area contributed by atoms with Crippen LogP contribution in [-0.4, -0.2) is 0 Å². The van der Waals surface area contributed by atoms with Gasteiger partial charge in [-0.1, -0.05) is 38.4 Å². The molecule has 2 N–H and O–H groups in total. The van der Waals surface area contributed by atoms with Gasteiger partial charge < -0.3 is 5.73 Å². The van der Waals surface area contributed by atoms with E-state index in [1.807, 2.05) is 18.2 Å². The second kappa shape index (κ2) is 6.77. The number of rotatable bonds is 5. The average Bonchev–Trinajstić information content (AvgIpc) is 2.20. The van der Waals surface area contributed by atoms with Gasteiger partial charge in [0.15, 0.2) is 0 Å². The van der Waals surface area contributed by atoms with Gasteiger partial charge in [0.2, 0.25) is 0 Å². The van der Waals surface area contributed by atoms with Crippen LogP contribution in [0.2, 0.25) is 5.02 Å². The van der Waals surface area contributed by atoms with Crippen LogP contribution in [0.5, 0.6) is 0 Å².